The minimum atomic E-state index is -2.31. The summed E-state index contributed by atoms with van der Waals surface area (Å²) in [6.07, 6.45) is 3.98. The van der Waals surface area contributed by atoms with Gasteiger partial charge in [0.05, 0.1) is 46.2 Å². The first-order valence-electron chi connectivity index (χ1n) is 15.7. The highest BCUT2D eigenvalue weighted by molar-refractivity contribution is 5.97. The molecule has 2 atom stereocenters. The lowest BCUT2D eigenvalue weighted by molar-refractivity contribution is -0.157. The van der Waals surface area contributed by atoms with Crippen LogP contribution in [0.25, 0.3) is 0 Å². The molecule has 0 spiro atoms. The van der Waals surface area contributed by atoms with E-state index in [1.54, 1.807) is 26.2 Å². The fraction of sp³-hybridized carbons (Fsp3) is 0.457. The fourth-order valence-electron chi connectivity index (χ4n) is 3.45. The Kier molecular flexibility index (Phi) is 28.2. The van der Waals surface area contributed by atoms with Gasteiger partial charge in [0.2, 0.25) is 34.8 Å². The number of nitrogens with one attached hydrogen (secondary N) is 1. The van der Waals surface area contributed by atoms with Crippen LogP contribution in [0.5, 0.6) is 11.5 Å². The maximum absolute atomic E-state index is 12.6. The van der Waals surface area contributed by atoms with Crippen molar-refractivity contribution in [3.05, 3.63) is 58.4 Å². The average Bonchev–Trinajstić information content (AvgIpc) is 3.16. The van der Waals surface area contributed by atoms with Gasteiger partial charge in [-0.3, -0.25) is 19.2 Å². The number of amides is 1. The van der Waals surface area contributed by atoms with E-state index in [0.29, 0.717) is 39.4 Å². The topological polar surface area (TPSA) is 202 Å². The summed E-state index contributed by atoms with van der Waals surface area (Å²) in [7, 11) is 4.11. The first-order chi connectivity index (χ1) is 26.0. The van der Waals surface area contributed by atoms with E-state index in [2.05, 4.69) is 25.4 Å². The van der Waals surface area contributed by atoms with E-state index in [4.69, 9.17) is 25.4 Å². The second-order valence-electron chi connectivity index (χ2n) is 10.1. The Morgan fingerprint density at radius 3 is 1.93 bits per heavy atom. The number of hydrogen-bond donors (Lipinski definition) is 3. The van der Waals surface area contributed by atoms with Gasteiger partial charge in [0, 0.05) is 33.9 Å². The van der Waals surface area contributed by atoms with Crippen molar-refractivity contribution in [3.63, 3.8) is 0 Å². The SMILES string of the molecule is C#CCOCCOCCNC(=O)c1cc(COC)ccc1O.CCC(CC(O)C(=O)OC)OC(C)=O.COC(C)=O.O=COc1c(F)c(F)c(F)c(F)c1F. The number of aliphatic hydroxyl groups is 1. The number of halogens is 5. The largest absolute Gasteiger partial charge is 0.507 e. The number of rotatable bonds is 17. The van der Waals surface area contributed by atoms with Crippen LogP contribution in [0.4, 0.5) is 22.0 Å². The van der Waals surface area contributed by atoms with Crippen molar-refractivity contribution in [1.82, 2.24) is 5.32 Å². The van der Waals surface area contributed by atoms with Crippen LogP contribution in [0.1, 0.15) is 49.5 Å². The molecule has 3 N–H and O–H groups in total. The number of methoxy groups -OCH3 is 3. The highest BCUT2D eigenvalue weighted by Gasteiger charge is 2.27. The van der Waals surface area contributed by atoms with E-state index in [9.17, 15) is 56.1 Å². The molecule has 0 aliphatic heterocycles. The van der Waals surface area contributed by atoms with Crippen molar-refractivity contribution >= 4 is 30.3 Å². The molecule has 2 aromatic carbocycles. The Bertz CT molecular complexity index is 1530. The van der Waals surface area contributed by atoms with Crippen molar-refractivity contribution in [2.45, 2.75) is 52.4 Å². The first kappa shape index (κ1) is 51.7. The second-order valence-corrected chi connectivity index (χ2v) is 10.1. The summed E-state index contributed by atoms with van der Waals surface area (Å²) in [5, 5.41) is 21.7. The number of benzene rings is 2. The quantitative estimate of drug-likeness (QED) is 0.0308. The van der Waals surface area contributed by atoms with Gasteiger partial charge in [-0.05, 0) is 24.1 Å². The summed E-state index contributed by atoms with van der Waals surface area (Å²) in [5.41, 5.74) is 1.03. The molecule has 308 valence electrons. The van der Waals surface area contributed by atoms with E-state index in [-0.39, 0.29) is 36.2 Å². The smallest absolute Gasteiger partial charge is 0.334 e. The van der Waals surface area contributed by atoms with Crippen LogP contribution >= 0.6 is 0 Å². The number of terminal acetylenes is 1. The molecule has 0 aliphatic carbocycles. The number of carbonyl (C=O) groups is 5. The summed E-state index contributed by atoms with van der Waals surface area (Å²) >= 11 is 0. The van der Waals surface area contributed by atoms with Crippen LogP contribution in [0.15, 0.2) is 18.2 Å². The van der Waals surface area contributed by atoms with Crippen LogP contribution in [0, 0.1) is 41.4 Å². The predicted molar refractivity (Wildman–Crippen MR) is 181 cm³/mol. The fourth-order valence-corrected chi connectivity index (χ4v) is 3.45. The third kappa shape index (κ3) is 21.8. The van der Waals surface area contributed by atoms with E-state index in [1.807, 2.05) is 0 Å². The normalized spacial score (nSPS) is 10.9. The van der Waals surface area contributed by atoms with Gasteiger partial charge in [0.1, 0.15) is 18.5 Å². The van der Waals surface area contributed by atoms with Crippen LogP contribution in [0.3, 0.4) is 0 Å². The van der Waals surface area contributed by atoms with Gasteiger partial charge in [-0.2, -0.15) is 8.78 Å². The molecule has 0 aromatic heterocycles. The Morgan fingerprint density at radius 1 is 0.891 bits per heavy atom. The highest BCUT2D eigenvalue weighted by Crippen LogP contribution is 2.28. The molecule has 0 saturated heterocycles. The van der Waals surface area contributed by atoms with Crippen molar-refractivity contribution in [1.29, 1.82) is 0 Å². The molecule has 2 unspecified atom stereocenters. The van der Waals surface area contributed by atoms with Gasteiger partial charge >= 0.3 is 17.9 Å². The van der Waals surface area contributed by atoms with Crippen molar-refractivity contribution in [3.8, 4) is 23.8 Å². The first-order valence-corrected chi connectivity index (χ1v) is 15.7. The minimum Gasteiger partial charge on any atom is -0.507 e. The van der Waals surface area contributed by atoms with Crippen LogP contribution in [0.2, 0.25) is 0 Å². The molecule has 0 bridgehead atoms. The van der Waals surface area contributed by atoms with Crippen LogP contribution in [-0.4, -0.2) is 107 Å². The third-order valence-corrected chi connectivity index (χ3v) is 6.08. The van der Waals surface area contributed by atoms with Crippen LogP contribution in [-0.2, 0) is 54.2 Å². The number of carbonyl (C=O) groups excluding carboxylic acids is 5. The molecule has 20 heteroatoms. The van der Waals surface area contributed by atoms with Gasteiger partial charge in [0.25, 0.3) is 12.4 Å². The zero-order chi connectivity index (χ0) is 42.5. The van der Waals surface area contributed by atoms with E-state index in [0.717, 1.165) is 5.56 Å². The zero-order valence-corrected chi connectivity index (χ0v) is 30.9. The molecule has 15 nitrogen and oxygen atoms in total. The maximum Gasteiger partial charge on any atom is 0.334 e. The number of esters is 3. The monoisotopic (exact) mass is 797 g/mol. The molecule has 0 aliphatic rings. The number of phenols is 1. The van der Waals surface area contributed by atoms with Gasteiger partial charge in [-0.25, -0.2) is 18.0 Å². The lowest BCUT2D eigenvalue weighted by atomic mass is 10.1. The van der Waals surface area contributed by atoms with E-state index < -0.39 is 65.5 Å². The number of ether oxygens (including phenoxy) is 7. The Hall–Kier alpha value is -5.36. The number of aliphatic hydroxyl groups excluding tert-OH is 1. The van der Waals surface area contributed by atoms with Gasteiger partial charge < -0.3 is 48.7 Å². The molecule has 55 heavy (non-hydrogen) atoms. The summed E-state index contributed by atoms with van der Waals surface area (Å²) in [5.74, 6) is -12.1. The third-order valence-electron chi connectivity index (χ3n) is 6.08. The molecule has 0 saturated carbocycles. The molecule has 0 radical (unpaired) electrons. The average molecular weight is 798 g/mol. The lowest BCUT2D eigenvalue weighted by Gasteiger charge is -2.17. The summed E-state index contributed by atoms with van der Waals surface area (Å²) in [6.45, 7) is 6.15. The molecular weight excluding hydrogens is 753 g/mol. The highest BCUT2D eigenvalue weighted by atomic mass is 19.2. The number of phenolic OH excluding ortho intramolecular Hbond substituents is 1. The Morgan fingerprint density at radius 2 is 1.45 bits per heavy atom. The van der Waals surface area contributed by atoms with Crippen molar-refractivity contribution in [2.75, 3.05) is 54.3 Å². The van der Waals surface area contributed by atoms with Gasteiger partial charge in [-0.1, -0.05) is 18.9 Å². The minimum absolute atomic E-state index is 0.0686. The van der Waals surface area contributed by atoms with E-state index in [1.165, 1.54) is 34.1 Å². The molecular formula is C35H44F5NO14. The summed E-state index contributed by atoms with van der Waals surface area (Å²) in [4.78, 5) is 52.7. The molecule has 0 fully saturated rings. The molecule has 2 aromatic rings. The van der Waals surface area contributed by atoms with Gasteiger partial charge in [-0.15, -0.1) is 6.42 Å². The van der Waals surface area contributed by atoms with Crippen molar-refractivity contribution < 1.29 is 89.3 Å². The lowest BCUT2D eigenvalue weighted by Crippen LogP contribution is -2.29. The second kappa shape index (κ2) is 30.0. The maximum atomic E-state index is 12.6. The standard InChI is InChI=1S/C16H21NO5.C9H16O5.C7HF5O2.C3H6O2/c1-3-7-21-9-10-22-8-6-17-16(19)14-11-13(12-20-2)4-5-15(14)18;1-4-7(14-6(2)10)5-8(11)9(12)13-3;8-2-3(9)5(11)7(14-1-13)6(12)4(2)10;1-3(4)5-2/h1,4-5,11,18H,6-10,12H2,2H3,(H,17,19);7-8,11H,4-5H2,1-3H3;1H;1-2H3. The molecule has 1 amide bonds. The Balaban J connectivity index is 0. The zero-order valence-electron chi connectivity index (χ0n) is 30.9. The molecule has 2 rings (SSSR count). The number of hydrogen-bond acceptors (Lipinski definition) is 14. The molecule has 0 heterocycles. The van der Waals surface area contributed by atoms with Crippen molar-refractivity contribution in [2.24, 2.45) is 0 Å². The summed E-state index contributed by atoms with van der Waals surface area (Å²) in [6, 6.07) is 4.78. The number of aromatic hydroxyl groups is 1. The van der Waals surface area contributed by atoms with Gasteiger partial charge in [0.15, 0.2) is 6.10 Å². The summed E-state index contributed by atoms with van der Waals surface area (Å²) < 4.78 is 94.5. The van der Waals surface area contributed by atoms with Crippen LogP contribution < -0.4 is 10.1 Å². The Labute approximate surface area is 313 Å². The van der Waals surface area contributed by atoms with E-state index >= 15 is 0 Å². The predicted octanol–water partition coefficient (Wildman–Crippen LogP) is 3.28.